The molecule has 1 saturated heterocycles. The van der Waals surface area contributed by atoms with Crippen molar-refractivity contribution in [2.75, 3.05) is 11.1 Å². The summed E-state index contributed by atoms with van der Waals surface area (Å²) in [6, 6.07) is 22.7. The van der Waals surface area contributed by atoms with Crippen LogP contribution in [0.25, 0.3) is 0 Å². The van der Waals surface area contributed by atoms with Gasteiger partial charge in [-0.15, -0.1) is 11.8 Å². The Bertz CT molecular complexity index is 1070. The first-order valence-electron chi connectivity index (χ1n) is 9.64. The second-order valence-corrected chi connectivity index (χ2v) is 8.71. The predicted molar refractivity (Wildman–Crippen MR) is 123 cm³/mol. The van der Waals surface area contributed by atoms with E-state index in [4.69, 9.17) is 11.6 Å². The van der Waals surface area contributed by atoms with Gasteiger partial charge in [0.15, 0.2) is 0 Å². The average molecular weight is 437 g/mol. The fourth-order valence-corrected chi connectivity index (χ4v) is 4.71. The average Bonchev–Trinajstić information content (AvgIpc) is 3.11. The molecule has 6 heteroatoms. The number of carbonyl (C=O) groups is 2. The van der Waals surface area contributed by atoms with Gasteiger partial charge in [0, 0.05) is 22.8 Å². The maximum Gasteiger partial charge on any atom is 0.255 e. The minimum absolute atomic E-state index is 0.0679. The Balaban J connectivity index is 1.48. The molecule has 30 heavy (non-hydrogen) atoms. The molecule has 1 heterocycles. The summed E-state index contributed by atoms with van der Waals surface area (Å²) in [4.78, 5) is 26.9. The summed E-state index contributed by atoms with van der Waals surface area (Å²) in [5.74, 6) is 0.415. The van der Waals surface area contributed by atoms with Crippen LogP contribution in [0, 0.1) is 6.92 Å². The Kier molecular flexibility index (Phi) is 6.11. The first-order chi connectivity index (χ1) is 14.5. The summed E-state index contributed by atoms with van der Waals surface area (Å²) < 4.78 is 0. The Hall–Kier alpha value is -2.76. The Morgan fingerprint density at radius 3 is 2.47 bits per heavy atom. The molecule has 1 fully saturated rings. The molecule has 3 aromatic rings. The number of para-hydroxylation sites is 1. The number of nitrogens with one attached hydrogen (secondary N) is 1. The van der Waals surface area contributed by atoms with Crippen LogP contribution in [0.15, 0.2) is 72.8 Å². The fraction of sp³-hybridized carbons (Fsp3) is 0.167. The van der Waals surface area contributed by atoms with E-state index in [1.165, 1.54) is 0 Å². The highest BCUT2D eigenvalue weighted by Gasteiger charge is 2.32. The van der Waals surface area contributed by atoms with Gasteiger partial charge >= 0.3 is 0 Å². The molecule has 0 bridgehead atoms. The Morgan fingerprint density at radius 2 is 1.77 bits per heavy atom. The normalized spacial score (nSPS) is 16.0. The van der Waals surface area contributed by atoms with E-state index in [1.807, 2.05) is 84.6 Å². The van der Waals surface area contributed by atoms with Gasteiger partial charge in [-0.3, -0.25) is 9.59 Å². The second kappa shape index (κ2) is 8.94. The first-order valence-corrected chi connectivity index (χ1v) is 11.1. The molecule has 0 radical (unpaired) electrons. The summed E-state index contributed by atoms with van der Waals surface area (Å²) in [5, 5.41) is 3.56. The maximum absolute atomic E-state index is 12.6. The zero-order chi connectivity index (χ0) is 21.1. The van der Waals surface area contributed by atoms with Crippen LogP contribution in [0.4, 0.5) is 5.69 Å². The van der Waals surface area contributed by atoms with Crippen LogP contribution >= 0.6 is 23.4 Å². The number of hydrogen-bond acceptors (Lipinski definition) is 3. The Labute approximate surface area is 185 Å². The van der Waals surface area contributed by atoms with Crippen molar-refractivity contribution >= 4 is 40.9 Å². The molecule has 4 rings (SSSR count). The van der Waals surface area contributed by atoms with E-state index < -0.39 is 0 Å². The lowest BCUT2D eigenvalue weighted by Gasteiger charge is -2.24. The van der Waals surface area contributed by atoms with Crippen LogP contribution in [0.1, 0.15) is 32.4 Å². The summed E-state index contributed by atoms with van der Waals surface area (Å²) in [7, 11) is 0. The lowest BCUT2D eigenvalue weighted by Crippen LogP contribution is -2.27. The van der Waals surface area contributed by atoms with E-state index in [2.05, 4.69) is 5.32 Å². The molecule has 4 nitrogen and oxygen atoms in total. The molecule has 3 aromatic carbocycles. The van der Waals surface area contributed by atoms with Gasteiger partial charge in [0.05, 0.1) is 5.75 Å². The molecule has 0 spiro atoms. The van der Waals surface area contributed by atoms with Crippen molar-refractivity contribution in [1.29, 1.82) is 0 Å². The van der Waals surface area contributed by atoms with Crippen molar-refractivity contribution in [3.63, 3.8) is 0 Å². The standard InChI is InChI=1S/C24H21ClN2O2S/c1-16-4-2-3-5-21(16)26-23(29)18-8-10-19(11-9-18)24-27(22(28)15-30-24)14-17-6-12-20(25)13-7-17/h2-13,24H,14-15H2,1H3,(H,26,29)/t24-/m1/s1. The zero-order valence-corrected chi connectivity index (χ0v) is 18.0. The van der Waals surface area contributed by atoms with Crippen LogP contribution in [-0.4, -0.2) is 22.5 Å². The third-order valence-electron chi connectivity index (χ3n) is 5.09. The minimum Gasteiger partial charge on any atom is -0.322 e. The van der Waals surface area contributed by atoms with Crippen molar-refractivity contribution in [1.82, 2.24) is 4.90 Å². The number of rotatable bonds is 5. The van der Waals surface area contributed by atoms with E-state index in [-0.39, 0.29) is 17.2 Å². The van der Waals surface area contributed by atoms with Crippen LogP contribution < -0.4 is 5.32 Å². The highest BCUT2D eigenvalue weighted by Crippen LogP contribution is 2.39. The molecule has 0 unspecified atom stereocenters. The molecule has 1 aliphatic heterocycles. The van der Waals surface area contributed by atoms with Gasteiger partial charge in [0.1, 0.15) is 5.37 Å². The topological polar surface area (TPSA) is 49.4 Å². The second-order valence-electron chi connectivity index (χ2n) is 7.20. The molecule has 0 aliphatic carbocycles. The van der Waals surface area contributed by atoms with E-state index in [0.29, 0.717) is 22.9 Å². The number of halogens is 1. The minimum atomic E-state index is -0.149. The maximum atomic E-state index is 12.6. The lowest BCUT2D eigenvalue weighted by atomic mass is 10.1. The van der Waals surface area contributed by atoms with Crippen molar-refractivity contribution in [3.05, 3.63) is 100 Å². The van der Waals surface area contributed by atoms with Gasteiger partial charge in [-0.05, 0) is 53.9 Å². The van der Waals surface area contributed by atoms with E-state index >= 15 is 0 Å². The molecular formula is C24H21ClN2O2S. The fourth-order valence-electron chi connectivity index (χ4n) is 3.39. The number of thioether (sulfide) groups is 1. The van der Waals surface area contributed by atoms with Crippen LogP contribution in [0.2, 0.25) is 5.02 Å². The SMILES string of the molecule is Cc1ccccc1NC(=O)c1ccc([C@H]2SCC(=O)N2Cc2ccc(Cl)cc2)cc1. The van der Waals surface area contributed by atoms with E-state index in [0.717, 1.165) is 22.4 Å². The van der Waals surface area contributed by atoms with Gasteiger partial charge in [-0.2, -0.15) is 0 Å². The monoisotopic (exact) mass is 436 g/mol. The summed E-state index contributed by atoms with van der Waals surface area (Å²) in [6.45, 7) is 2.49. The quantitative estimate of drug-likeness (QED) is 0.560. The lowest BCUT2D eigenvalue weighted by molar-refractivity contribution is -0.128. The van der Waals surface area contributed by atoms with Gasteiger partial charge in [-0.25, -0.2) is 0 Å². The van der Waals surface area contributed by atoms with Crippen molar-refractivity contribution in [2.24, 2.45) is 0 Å². The molecule has 2 amide bonds. The van der Waals surface area contributed by atoms with Crippen LogP contribution in [0.3, 0.4) is 0 Å². The molecule has 1 atom stereocenters. The number of anilines is 1. The summed E-state index contributed by atoms with van der Waals surface area (Å²) >= 11 is 7.57. The predicted octanol–water partition coefficient (Wildman–Crippen LogP) is 5.67. The number of hydrogen-bond donors (Lipinski definition) is 1. The molecule has 1 aliphatic rings. The third kappa shape index (κ3) is 4.53. The van der Waals surface area contributed by atoms with E-state index in [9.17, 15) is 9.59 Å². The zero-order valence-electron chi connectivity index (χ0n) is 16.5. The number of nitrogens with zero attached hydrogens (tertiary/aromatic N) is 1. The van der Waals surface area contributed by atoms with Crippen molar-refractivity contribution in [2.45, 2.75) is 18.8 Å². The molecular weight excluding hydrogens is 416 g/mol. The van der Waals surface area contributed by atoms with Gasteiger partial charge < -0.3 is 10.2 Å². The number of aryl methyl sites for hydroxylation is 1. The van der Waals surface area contributed by atoms with Crippen molar-refractivity contribution < 1.29 is 9.59 Å². The van der Waals surface area contributed by atoms with Crippen LogP contribution in [0.5, 0.6) is 0 Å². The van der Waals surface area contributed by atoms with Gasteiger partial charge in [0.25, 0.3) is 5.91 Å². The summed E-state index contributed by atoms with van der Waals surface area (Å²) in [6.07, 6.45) is 0. The molecule has 152 valence electrons. The van der Waals surface area contributed by atoms with Gasteiger partial charge in [0.2, 0.25) is 5.91 Å². The molecule has 0 aromatic heterocycles. The first kappa shape index (κ1) is 20.5. The molecule has 0 saturated carbocycles. The highest BCUT2D eigenvalue weighted by molar-refractivity contribution is 8.00. The number of carbonyl (C=O) groups excluding carboxylic acids is 2. The van der Waals surface area contributed by atoms with E-state index in [1.54, 1.807) is 11.8 Å². The Morgan fingerprint density at radius 1 is 1.07 bits per heavy atom. The smallest absolute Gasteiger partial charge is 0.255 e. The number of amides is 2. The summed E-state index contributed by atoms with van der Waals surface area (Å²) in [5.41, 5.74) is 4.45. The largest absolute Gasteiger partial charge is 0.322 e. The number of benzene rings is 3. The molecule has 1 N–H and O–H groups in total. The highest BCUT2D eigenvalue weighted by atomic mass is 35.5. The van der Waals surface area contributed by atoms with Gasteiger partial charge in [-0.1, -0.05) is 54.1 Å². The third-order valence-corrected chi connectivity index (χ3v) is 6.59. The van der Waals surface area contributed by atoms with Crippen LogP contribution in [-0.2, 0) is 11.3 Å². The van der Waals surface area contributed by atoms with Crippen molar-refractivity contribution in [3.8, 4) is 0 Å².